The van der Waals surface area contributed by atoms with E-state index in [9.17, 15) is 19.2 Å². The molecule has 2 N–H and O–H groups in total. The number of likely N-dealkylation sites (tertiary alicyclic amines) is 1. The number of anilines is 1. The minimum atomic E-state index is -0.597. The quantitative estimate of drug-likeness (QED) is 0.547. The SMILES string of the molecule is O=C1CCC(N2Cc3cc(NCCCC(=O)N4CCCCC4)ccc3C2=O)C(=O)N1. The highest BCUT2D eigenvalue weighted by atomic mass is 16.2. The Morgan fingerprint density at radius 1 is 1.13 bits per heavy atom. The number of hydrogen-bond acceptors (Lipinski definition) is 5. The number of rotatable bonds is 6. The van der Waals surface area contributed by atoms with E-state index < -0.39 is 11.9 Å². The third-order valence-corrected chi connectivity index (χ3v) is 6.13. The van der Waals surface area contributed by atoms with Gasteiger partial charge in [-0.25, -0.2) is 0 Å². The summed E-state index contributed by atoms with van der Waals surface area (Å²) in [5.74, 6) is -0.621. The van der Waals surface area contributed by atoms with E-state index in [0.717, 1.165) is 43.6 Å². The van der Waals surface area contributed by atoms with Gasteiger partial charge in [-0.2, -0.15) is 0 Å². The molecule has 0 aromatic heterocycles. The molecule has 1 unspecified atom stereocenters. The highest BCUT2D eigenvalue weighted by molar-refractivity contribution is 6.05. The fourth-order valence-corrected chi connectivity index (χ4v) is 4.46. The van der Waals surface area contributed by atoms with Crippen LogP contribution in [0.5, 0.6) is 0 Å². The van der Waals surface area contributed by atoms with Crippen molar-refractivity contribution in [1.29, 1.82) is 0 Å². The molecule has 8 heteroatoms. The summed E-state index contributed by atoms with van der Waals surface area (Å²) < 4.78 is 0. The van der Waals surface area contributed by atoms with Crippen LogP contribution in [0.2, 0.25) is 0 Å². The van der Waals surface area contributed by atoms with Gasteiger partial charge in [0.2, 0.25) is 17.7 Å². The Morgan fingerprint density at radius 3 is 2.70 bits per heavy atom. The van der Waals surface area contributed by atoms with Crippen LogP contribution in [0.3, 0.4) is 0 Å². The molecular formula is C22H28N4O4. The van der Waals surface area contributed by atoms with E-state index in [-0.39, 0.29) is 24.1 Å². The van der Waals surface area contributed by atoms with Gasteiger partial charge < -0.3 is 15.1 Å². The molecule has 8 nitrogen and oxygen atoms in total. The number of hydrogen-bond donors (Lipinski definition) is 2. The van der Waals surface area contributed by atoms with E-state index in [2.05, 4.69) is 10.6 Å². The monoisotopic (exact) mass is 412 g/mol. The van der Waals surface area contributed by atoms with E-state index in [1.807, 2.05) is 17.0 Å². The van der Waals surface area contributed by atoms with Gasteiger partial charge in [0, 0.05) is 50.3 Å². The van der Waals surface area contributed by atoms with Crippen LogP contribution in [-0.2, 0) is 20.9 Å². The molecule has 0 saturated carbocycles. The smallest absolute Gasteiger partial charge is 0.255 e. The van der Waals surface area contributed by atoms with Gasteiger partial charge >= 0.3 is 0 Å². The molecule has 2 saturated heterocycles. The molecule has 0 spiro atoms. The van der Waals surface area contributed by atoms with Crippen LogP contribution in [0.15, 0.2) is 18.2 Å². The van der Waals surface area contributed by atoms with E-state index in [4.69, 9.17) is 0 Å². The Morgan fingerprint density at radius 2 is 1.93 bits per heavy atom. The second-order valence-corrected chi connectivity index (χ2v) is 8.24. The molecule has 4 amide bonds. The molecule has 30 heavy (non-hydrogen) atoms. The van der Waals surface area contributed by atoms with Gasteiger partial charge in [0.1, 0.15) is 6.04 Å². The maximum atomic E-state index is 12.7. The van der Waals surface area contributed by atoms with Crippen LogP contribution in [0.25, 0.3) is 0 Å². The highest BCUT2D eigenvalue weighted by Gasteiger charge is 2.39. The molecule has 3 heterocycles. The lowest BCUT2D eigenvalue weighted by molar-refractivity contribution is -0.137. The van der Waals surface area contributed by atoms with Crippen LogP contribution in [-0.4, -0.2) is 59.1 Å². The van der Waals surface area contributed by atoms with Crippen molar-refractivity contribution in [2.75, 3.05) is 25.0 Å². The number of nitrogens with zero attached hydrogens (tertiary/aromatic N) is 2. The Kier molecular flexibility index (Phi) is 6.01. The minimum Gasteiger partial charge on any atom is -0.385 e. The van der Waals surface area contributed by atoms with Gasteiger partial charge in [0.05, 0.1) is 0 Å². The number of imide groups is 1. The van der Waals surface area contributed by atoms with Crippen LogP contribution in [0.1, 0.15) is 60.9 Å². The second-order valence-electron chi connectivity index (χ2n) is 8.24. The molecule has 3 aliphatic heterocycles. The zero-order chi connectivity index (χ0) is 21.1. The Hall–Kier alpha value is -2.90. The first-order valence-corrected chi connectivity index (χ1v) is 10.8. The van der Waals surface area contributed by atoms with Crippen molar-refractivity contribution in [3.63, 3.8) is 0 Å². The Bertz CT molecular complexity index is 863. The number of piperidine rings is 2. The summed E-state index contributed by atoms with van der Waals surface area (Å²) >= 11 is 0. The summed E-state index contributed by atoms with van der Waals surface area (Å²) in [6.45, 7) is 2.82. The average Bonchev–Trinajstić information content (AvgIpc) is 3.07. The molecule has 0 bridgehead atoms. The summed E-state index contributed by atoms with van der Waals surface area (Å²) in [6.07, 6.45) is 5.34. The number of amides is 4. The lowest BCUT2D eigenvalue weighted by Crippen LogP contribution is -2.52. The van der Waals surface area contributed by atoms with Crippen molar-refractivity contribution in [2.45, 2.75) is 57.5 Å². The molecule has 3 aliphatic rings. The van der Waals surface area contributed by atoms with Gasteiger partial charge in [-0.3, -0.25) is 24.5 Å². The second kappa shape index (κ2) is 8.85. The fourth-order valence-electron chi connectivity index (χ4n) is 4.46. The first-order chi connectivity index (χ1) is 14.5. The molecule has 160 valence electrons. The van der Waals surface area contributed by atoms with Crippen molar-refractivity contribution in [1.82, 2.24) is 15.1 Å². The van der Waals surface area contributed by atoms with E-state index in [0.29, 0.717) is 31.5 Å². The van der Waals surface area contributed by atoms with Gasteiger partial charge in [-0.05, 0) is 55.9 Å². The van der Waals surface area contributed by atoms with Crippen molar-refractivity contribution < 1.29 is 19.2 Å². The topological polar surface area (TPSA) is 98.8 Å². The highest BCUT2D eigenvalue weighted by Crippen LogP contribution is 2.29. The zero-order valence-electron chi connectivity index (χ0n) is 17.1. The summed E-state index contributed by atoms with van der Waals surface area (Å²) in [4.78, 5) is 52.0. The molecule has 1 aromatic rings. The van der Waals surface area contributed by atoms with Crippen molar-refractivity contribution in [3.05, 3.63) is 29.3 Å². The lowest BCUT2D eigenvalue weighted by Gasteiger charge is -2.29. The van der Waals surface area contributed by atoms with Crippen molar-refractivity contribution in [3.8, 4) is 0 Å². The number of carbonyl (C=O) groups excluding carboxylic acids is 4. The summed E-state index contributed by atoms with van der Waals surface area (Å²) in [6, 6.07) is 4.98. The predicted molar refractivity (Wildman–Crippen MR) is 111 cm³/mol. The number of nitrogens with one attached hydrogen (secondary N) is 2. The molecular weight excluding hydrogens is 384 g/mol. The summed E-state index contributed by atoms with van der Waals surface area (Å²) in [7, 11) is 0. The molecule has 4 rings (SSSR count). The van der Waals surface area contributed by atoms with Gasteiger partial charge in [-0.15, -0.1) is 0 Å². The molecule has 1 aromatic carbocycles. The predicted octanol–water partition coefficient (Wildman–Crippen LogP) is 1.65. The molecule has 0 radical (unpaired) electrons. The lowest BCUT2D eigenvalue weighted by atomic mass is 10.0. The van der Waals surface area contributed by atoms with E-state index in [1.165, 1.54) is 6.42 Å². The first kappa shape index (κ1) is 20.4. The number of carbonyl (C=O) groups is 4. The maximum absolute atomic E-state index is 12.7. The van der Waals surface area contributed by atoms with E-state index in [1.54, 1.807) is 11.0 Å². The van der Waals surface area contributed by atoms with Gasteiger partial charge in [0.15, 0.2) is 0 Å². The van der Waals surface area contributed by atoms with Crippen molar-refractivity contribution in [2.24, 2.45) is 0 Å². The van der Waals surface area contributed by atoms with Crippen LogP contribution < -0.4 is 10.6 Å². The largest absolute Gasteiger partial charge is 0.385 e. The maximum Gasteiger partial charge on any atom is 0.255 e. The first-order valence-electron chi connectivity index (χ1n) is 10.8. The van der Waals surface area contributed by atoms with Crippen LogP contribution in [0.4, 0.5) is 5.69 Å². The number of fused-ring (bicyclic) bond motifs is 1. The Labute approximate surface area is 176 Å². The van der Waals surface area contributed by atoms with Gasteiger partial charge in [-0.1, -0.05) is 0 Å². The Balaban J connectivity index is 1.29. The van der Waals surface area contributed by atoms with E-state index >= 15 is 0 Å². The fraction of sp³-hybridized carbons (Fsp3) is 0.545. The molecule has 2 fully saturated rings. The third kappa shape index (κ3) is 4.32. The molecule has 0 aliphatic carbocycles. The molecule has 1 atom stereocenters. The zero-order valence-corrected chi connectivity index (χ0v) is 17.1. The van der Waals surface area contributed by atoms with Crippen LogP contribution in [0, 0.1) is 0 Å². The number of benzene rings is 1. The minimum absolute atomic E-state index is 0.168. The average molecular weight is 412 g/mol. The van der Waals surface area contributed by atoms with Crippen molar-refractivity contribution >= 4 is 29.3 Å². The van der Waals surface area contributed by atoms with Crippen LogP contribution >= 0.6 is 0 Å². The summed E-state index contributed by atoms with van der Waals surface area (Å²) in [5, 5.41) is 5.65. The normalized spacial score (nSPS) is 21.5. The summed E-state index contributed by atoms with van der Waals surface area (Å²) in [5.41, 5.74) is 2.38. The van der Waals surface area contributed by atoms with Gasteiger partial charge in [0.25, 0.3) is 5.91 Å². The standard InChI is InChI=1S/C22H28N4O4/c27-19-9-8-18(21(29)24-19)26-14-15-13-16(6-7-17(15)22(26)30)23-10-4-5-20(28)25-11-2-1-3-12-25/h6-7,13,18,23H,1-5,8-12,14H2,(H,24,27,29). The third-order valence-electron chi connectivity index (χ3n) is 6.13.